The van der Waals surface area contributed by atoms with Gasteiger partial charge in [-0.1, -0.05) is 18.2 Å². The van der Waals surface area contributed by atoms with Crippen molar-refractivity contribution in [1.82, 2.24) is 0 Å². The molecule has 1 saturated heterocycles. The Kier molecular flexibility index (Phi) is 10.2. The molecule has 198 valence electrons. The van der Waals surface area contributed by atoms with Crippen LogP contribution >= 0.6 is 0 Å². The van der Waals surface area contributed by atoms with Gasteiger partial charge in [0.15, 0.2) is 0 Å². The minimum atomic E-state index is -1.54. The van der Waals surface area contributed by atoms with Gasteiger partial charge in [-0.3, -0.25) is 0 Å². The Hall–Kier alpha value is -2.64. The van der Waals surface area contributed by atoms with Crippen molar-refractivity contribution < 1.29 is 43.7 Å². The third kappa shape index (κ3) is 7.45. The van der Waals surface area contributed by atoms with E-state index in [1.54, 1.807) is 6.08 Å². The first-order chi connectivity index (χ1) is 18.1. The third-order valence-electron chi connectivity index (χ3n) is 6.18. The van der Waals surface area contributed by atoms with Gasteiger partial charge in [-0.15, -0.1) is 0 Å². The standard InChI is InChI=1S/C26H32BNO9/c28-27-37-19-11-12-34-21(16-33-14-18-9-5-2-6-10-18)25(19)36-26-24(31)23(30)22(29)20(35-26)15-32-13-17-7-3-1-4-8-17/h1-12,19-26,28-31H,13-16H2/t19?,20?,21?,22-,23?,24?,25+,26-/m0/s1. The molecule has 2 aromatic rings. The van der Waals surface area contributed by atoms with Crippen molar-refractivity contribution in [1.29, 1.82) is 5.31 Å². The molecule has 4 rings (SSSR count). The number of nitrogens with one attached hydrogen (secondary N) is 1. The number of benzene rings is 2. The SMILES string of the molecule is N=BOC1C=COC(COCc2ccccc2)[C@@H]1O[C@@H]1OC(COCc2ccccc2)[C@H](O)C(O)C1O. The first-order valence-electron chi connectivity index (χ1n) is 12.1. The minimum absolute atomic E-state index is 0.0369. The molecule has 5 unspecified atom stereocenters. The summed E-state index contributed by atoms with van der Waals surface area (Å²) in [6.07, 6.45) is -5.96. The van der Waals surface area contributed by atoms with Gasteiger partial charge < -0.3 is 0 Å². The fourth-order valence-corrected chi connectivity index (χ4v) is 4.18. The summed E-state index contributed by atoms with van der Waals surface area (Å²) < 4.78 is 34.5. The van der Waals surface area contributed by atoms with Crippen LogP contribution in [0.15, 0.2) is 73.0 Å². The molecule has 0 aliphatic carbocycles. The van der Waals surface area contributed by atoms with Crippen molar-refractivity contribution in [3.8, 4) is 0 Å². The Labute approximate surface area is 216 Å². The fraction of sp³-hybridized carbons (Fsp3) is 0.462. The maximum absolute atomic E-state index is 10.6. The average Bonchev–Trinajstić information content (AvgIpc) is 2.92. The summed E-state index contributed by atoms with van der Waals surface area (Å²) in [4.78, 5) is 0. The second-order valence-corrected chi connectivity index (χ2v) is 8.84. The molecule has 10 nitrogen and oxygen atoms in total. The monoisotopic (exact) mass is 513 g/mol. The van der Waals surface area contributed by atoms with E-state index in [0.717, 1.165) is 18.4 Å². The summed E-state index contributed by atoms with van der Waals surface area (Å²) in [6.45, 7) is 0.723. The summed E-state index contributed by atoms with van der Waals surface area (Å²) in [5.74, 6) is 0. The third-order valence-corrected chi connectivity index (χ3v) is 6.18. The molecule has 0 saturated carbocycles. The predicted molar refractivity (Wildman–Crippen MR) is 131 cm³/mol. The zero-order valence-electron chi connectivity index (χ0n) is 20.2. The Bertz CT molecular complexity index is 983. The molecular formula is C26H32BNO9. The molecule has 8 atom stereocenters. The molecule has 0 spiro atoms. The molecule has 2 heterocycles. The predicted octanol–water partition coefficient (Wildman–Crippen LogP) is 1.29. The van der Waals surface area contributed by atoms with Crippen LogP contribution in [0.2, 0.25) is 0 Å². The van der Waals surface area contributed by atoms with Crippen LogP contribution in [0.3, 0.4) is 0 Å². The van der Waals surface area contributed by atoms with Gasteiger partial charge in [-0.25, -0.2) is 0 Å². The van der Waals surface area contributed by atoms with E-state index in [1.165, 1.54) is 6.26 Å². The normalized spacial score (nSPS) is 31.3. The number of aliphatic hydroxyl groups is 3. The Balaban J connectivity index is 1.39. The Morgan fingerprint density at radius 3 is 1.97 bits per heavy atom. The molecule has 0 aromatic heterocycles. The van der Waals surface area contributed by atoms with Gasteiger partial charge >= 0.3 is 198 Å². The molecule has 1 fully saturated rings. The number of hydrogen-bond acceptors (Lipinski definition) is 10. The zero-order chi connectivity index (χ0) is 26.0. The van der Waals surface area contributed by atoms with E-state index in [4.69, 9.17) is 33.7 Å². The molecule has 4 N–H and O–H groups in total. The first-order valence-corrected chi connectivity index (χ1v) is 12.1. The summed E-state index contributed by atoms with van der Waals surface area (Å²) >= 11 is 0. The summed E-state index contributed by atoms with van der Waals surface area (Å²) in [6, 6.07) is 19.1. The average molecular weight is 513 g/mol. The van der Waals surface area contributed by atoms with E-state index in [1.807, 2.05) is 60.7 Å². The number of aliphatic hydroxyl groups excluding tert-OH is 3. The van der Waals surface area contributed by atoms with Gasteiger partial charge in [0, 0.05) is 0 Å². The van der Waals surface area contributed by atoms with Crippen LogP contribution in [0.4, 0.5) is 0 Å². The molecule has 0 bridgehead atoms. The van der Waals surface area contributed by atoms with Crippen molar-refractivity contribution >= 4 is 7.27 Å². The second kappa shape index (κ2) is 13.8. The van der Waals surface area contributed by atoms with Crippen LogP contribution in [0.1, 0.15) is 11.1 Å². The van der Waals surface area contributed by atoms with E-state index in [9.17, 15) is 15.3 Å². The molecule has 0 radical (unpaired) electrons. The van der Waals surface area contributed by atoms with E-state index < -0.39 is 49.0 Å². The van der Waals surface area contributed by atoms with Gasteiger partial charge in [0.25, 0.3) is 0 Å². The maximum atomic E-state index is 10.6. The van der Waals surface area contributed by atoms with Crippen LogP contribution in [0.5, 0.6) is 0 Å². The summed E-state index contributed by atoms with van der Waals surface area (Å²) in [7, 11) is 0.787. The molecule has 2 aliphatic rings. The van der Waals surface area contributed by atoms with Crippen molar-refractivity contribution in [2.75, 3.05) is 13.2 Å². The molecule has 2 aliphatic heterocycles. The second-order valence-electron chi connectivity index (χ2n) is 8.84. The van der Waals surface area contributed by atoms with E-state index in [2.05, 4.69) is 0 Å². The van der Waals surface area contributed by atoms with Crippen LogP contribution in [-0.2, 0) is 41.6 Å². The number of hydrogen-bond donors (Lipinski definition) is 4. The van der Waals surface area contributed by atoms with Crippen LogP contribution in [-0.4, -0.2) is 84.8 Å². The zero-order valence-corrected chi connectivity index (χ0v) is 20.2. The fourth-order valence-electron chi connectivity index (χ4n) is 4.18. The van der Waals surface area contributed by atoms with Crippen LogP contribution in [0, 0.1) is 5.31 Å². The molecule has 2 aromatic carbocycles. The Morgan fingerprint density at radius 1 is 0.784 bits per heavy atom. The van der Waals surface area contributed by atoms with Gasteiger partial charge in [0.2, 0.25) is 0 Å². The van der Waals surface area contributed by atoms with E-state index in [0.29, 0.717) is 6.61 Å². The quantitative estimate of drug-likeness (QED) is 0.309. The molecular weight excluding hydrogens is 481 g/mol. The Morgan fingerprint density at radius 2 is 1.38 bits per heavy atom. The summed E-state index contributed by atoms with van der Waals surface area (Å²) in [5.41, 5.74) is 1.93. The molecule has 0 amide bonds. The topological polar surface area (TPSA) is 140 Å². The van der Waals surface area contributed by atoms with Crippen LogP contribution < -0.4 is 0 Å². The van der Waals surface area contributed by atoms with Crippen molar-refractivity contribution in [3.05, 3.63) is 84.1 Å². The summed E-state index contributed by atoms with van der Waals surface area (Å²) in [5, 5.41) is 38.9. The van der Waals surface area contributed by atoms with E-state index >= 15 is 0 Å². The van der Waals surface area contributed by atoms with Gasteiger partial charge in [0.05, 0.1) is 0 Å². The number of ether oxygens (including phenoxy) is 5. The van der Waals surface area contributed by atoms with E-state index in [-0.39, 0.29) is 19.8 Å². The van der Waals surface area contributed by atoms with Gasteiger partial charge in [0.1, 0.15) is 0 Å². The van der Waals surface area contributed by atoms with Gasteiger partial charge in [-0.05, 0) is 0 Å². The van der Waals surface area contributed by atoms with Crippen molar-refractivity contribution in [2.24, 2.45) is 0 Å². The molecule has 37 heavy (non-hydrogen) atoms. The number of rotatable bonds is 12. The van der Waals surface area contributed by atoms with Crippen molar-refractivity contribution in [2.45, 2.75) is 62.2 Å². The van der Waals surface area contributed by atoms with Crippen LogP contribution in [0.25, 0.3) is 0 Å². The van der Waals surface area contributed by atoms with Gasteiger partial charge in [-0.2, -0.15) is 0 Å². The van der Waals surface area contributed by atoms with Crippen molar-refractivity contribution in [3.63, 3.8) is 0 Å². The first kappa shape index (κ1) is 27.4. The molecule has 11 heteroatoms.